The number of benzene rings is 2. The van der Waals surface area contributed by atoms with Crippen molar-refractivity contribution in [1.29, 1.82) is 0 Å². The minimum atomic E-state index is -0.483. The smallest absolute Gasteiger partial charge is 0.215 e. The van der Waals surface area contributed by atoms with Crippen molar-refractivity contribution in [2.45, 2.75) is 0 Å². The van der Waals surface area contributed by atoms with Crippen LogP contribution in [0.4, 0.5) is 8.78 Å². The molecule has 2 aromatic carbocycles. The van der Waals surface area contributed by atoms with Crippen LogP contribution in [0, 0.1) is 18.8 Å². The van der Waals surface area contributed by atoms with E-state index >= 15 is 0 Å². The van der Waals surface area contributed by atoms with E-state index in [0.717, 1.165) is 0 Å². The summed E-state index contributed by atoms with van der Waals surface area (Å²) in [6.45, 7) is 0. The molecule has 2 aromatic heterocycles. The van der Waals surface area contributed by atoms with Gasteiger partial charge >= 0.3 is 0 Å². The number of aromatic nitrogens is 4. The van der Waals surface area contributed by atoms with E-state index in [9.17, 15) is 8.78 Å². The van der Waals surface area contributed by atoms with Crippen LogP contribution in [-0.2, 0) is 0 Å². The fourth-order valence-corrected chi connectivity index (χ4v) is 4.79. The number of fused-ring (bicyclic) bond motifs is 2. The van der Waals surface area contributed by atoms with Crippen LogP contribution in [0.1, 0.15) is 0 Å². The van der Waals surface area contributed by atoms with Crippen molar-refractivity contribution in [2.75, 3.05) is 0 Å². The lowest BCUT2D eigenvalue weighted by molar-refractivity contribution is 0.628. The average Bonchev–Trinajstić information content (AvgIpc) is 2.67. The molecule has 14 heteroatoms. The summed E-state index contributed by atoms with van der Waals surface area (Å²) in [7, 11) is 0. The van der Waals surface area contributed by atoms with Gasteiger partial charge in [-0.05, 0) is 112 Å². The van der Waals surface area contributed by atoms with Gasteiger partial charge in [-0.3, -0.25) is 0 Å². The van der Waals surface area contributed by atoms with Crippen molar-refractivity contribution < 1.29 is 8.78 Å². The molecule has 30 heavy (non-hydrogen) atoms. The van der Waals surface area contributed by atoms with Crippen LogP contribution >= 0.6 is 123 Å². The van der Waals surface area contributed by atoms with Crippen molar-refractivity contribution in [1.82, 2.24) is 19.9 Å². The molecule has 0 N–H and O–H groups in total. The van der Waals surface area contributed by atoms with Crippen LogP contribution < -0.4 is 0 Å². The fourth-order valence-electron chi connectivity index (χ4n) is 2.22. The highest BCUT2D eigenvalue weighted by atomic mass is 127. The van der Waals surface area contributed by atoms with E-state index in [2.05, 4.69) is 51.8 Å². The minimum Gasteiger partial charge on any atom is -0.215 e. The molecule has 0 unspecified atom stereocenters. The first kappa shape index (κ1) is 25.2. The van der Waals surface area contributed by atoms with E-state index in [1.165, 1.54) is 0 Å². The van der Waals surface area contributed by atoms with Crippen LogP contribution in [0.5, 0.6) is 0 Å². The second kappa shape index (κ2) is 10.2. The van der Waals surface area contributed by atoms with Gasteiger partial charge in [0.25, 0.3) is 0 Å². The highest BCUT2D eigenvalue weighted by Crippen LogP contribution is 2.33. The highest BCUT2D eigenvalue weighted by molar-refractivity contribution is 14.1. The molecule has 0 amide bonds. The molecule has 4 rings (SSSR count). The maximum absolute atomic E-state index is 13.8. The summed E-state index contributed by atoms with van der Waals surface area (Å²) < 4.78 is 29.6. The Kier molecular flexibility index (Phi) is 8.58. The van der Waals surface area contributed by atoms with Gasteiger partial charge in [0, 0.05) is 17.9 Å². The predicted molar refractivity (Wildman–Crippen MR) is 140 cm³/mol. The van der Waals surface area contributed by atoms with Crippen LogP contribution in [0.25, 0.3) is 21.8 Å². The van der Waals surface area contributed by atoms with Crippen molar-refractivity contribution in [3.8, 4) is 0 Å². The topological polar surface area (TPSA) is 51.6 Å². The van der Waals surface area contributed by atoms with Gasteiger partial charge in [-0.15, -0.1) is 0 Å². The number of hydrogen-bond acceptors (Lipinski definition) is 4. The number of nitrogens with zero attached hydrogens (tertiary/aromatic N) is 4. The molecule has 4 aromatic rings. The molecule has 0 atom stereocenters. The lowest BCUT2D eigenvalue weighted by atomic mass is 10.2. The van der Waals surface area contributed by atoms with E-state index in [1.807, 2.05) is 45.2 Å². The zero-order valence-electron chi connectivity index (χ0n) is 13.7. The Balaban J connectivity index is 0.000000171. The number of hydrogen-bond donors (Lipinski definition) is 0. The molecule has 0 saturated carbocycles. The molecule has 0 fully saturated rings. The largest absolute Gasteiger partial charge is 0.224 e. The van der Waals surface area contributed by atoms with Gasteiger partial charge in [-0.25, -0.2) is 28.7 Å². The Labute approximate surface area is 232 Å². The molecule has 0 aliphatic heterocycles. The first-order chi connectivity index (χ1) is 14.0. The summed E-state index contributed by atoms with van der Waals surface area (Å²) in [6, 6.07) is 3.39. The van der Waals surface area contributed by atoms with Gasteiger partial charge in [0.2, 0.25) is 10.6 Å². The lowest BCUT2D eigenvalue weighted by Gasteiger charge is -2.04. The summed E-state index contributed by atoms with van der Waals surface area (Å²) in [5.41, 5.74) is 0.236. The van der Waals surface area contributed by atoms with Crippen LogP contribution in [0.3, 0.4) is 0 Å². The Hall–Kier alpha value is 0.560. The number of rotatable bonds is 0. The van der Waals surface area contributed by atoms with E-state index < -0.39 is 11.6 Å². The molecule has 156 valence electrons. The second-order valence-corrected chi connectivity index (χ2v) is 10.6. The van der Waals surface area contributed by atoms with Gasteiger partial charge in [0.15, 0.2) is 11.6 Å². The Morgan fingerprint density at radius 3 is 1.33 bits per heavy atom. The van der Waals surface area contributed by atoms with E-state index in [-0.39, 0.29) is 31.9 Å². The molecule has 0 aliphatic carbocycles. The maximum Gasteiger partial charge on any atom is 0.224 e. The van der Waals surface area contributed by atoms with Crippen molar-refractivity contribution in [3.63, 3.8) is 0 Å². The molecule has 0 aliphatic rings. The zero-order valence-corrected chi connectivity index (χ0v) is 24.2. The van der Waals surface area contributed by atoms with Gasteiger partial charge in [0.05, 0.1) is 8.95 Å². The molecular weight excluding hydrogens is 842 g/mol. The van der Waals surface area contributed by atoms with Crippen LogP contribution in [0.2, 0.25) is 20.9 Å². The van der Waals surface area contributed by atoms with Gasteiger partial charge in [-0.1, -0.05) is 23.2 Å². The van der Waals surface area contributed by atoms with Crippen molar-refractivity contribution in [2.24, 2.45) is 0 Å². The third-order valence-electron chi connectivity index (χ3n) is 3.51. The zero-order chi connectivity index (χ0) is 22.3. The molecule has 0 spiro atoms. The first-order valence-corrected chi connectivity index (χ1v) is 12.6. The Morgan fingerprint density at radius 2 is 1.00 bits per heavy atom. The predicted octanol–water partition coefficient (Wildman–Crippen LogP) is 8.89. The monoisotopic (exact) mass is 840 g/mol. The number of halogens is 10. The average molecular weight is 844 g/mol. The highest BCUT2D eigenvalue weighted by Gasteiger charge is 2.16. The molecule has 0 bridgehead atoms. The van der Waals surface area contributed by atoms with Crippen molar-refractivity contribution >= 4 is 145 Å². The van der Waals surface area contributed by atoms with Gasteiger partial charge in [-0.2, -0.15) is 0 Å². The summed E-state index contributed by atoms with van der Waals surface area (Å²) in [4.78, 5) is 15.1. The lowest BCUT2D eigenvalue weighted by Crippen LogP contribution is -1.93. The summed E-state index contributed by atoms with van der Waals surface area (Å²) in [6.07, 6.45) is 0. The maximum atomic E-state index is 13.8. The van der Waals surface area contributed by atoms with E-state index in [4.69, 9.17) is 46.4 Å². The molecule has 0 radical (unpaired) electrons. The SMILES string of the molecule is Fc1c(Br)c(I)cc2c(Cl)nc(Cl)nc12.Fc1c(Br)c(I)cc2c(Cl)nc(Cl)nc12. The summed E-state index contributed by atoms with van der Waals surface area (Å²) in [5.74, 6) is -0.966. The Bertz CT molecular complexity index is 1230. The summed E-state index contributed by atoms with van der Waals surface area (Å²) >= 11 is 33.1. The van der Waals surface area contributed by atoms with Crippen LogP contribution in [-0.4, -0.2) is 19.9 Å². The molecular formula is C16H2Br2Cl4F2I2N4. The van der Waals surface area contributed by atoms with E-state index in [0.29, 0.717) is 26.9 Å². The standard InChI is InChI=1S/2C8HBrCl2FIN2/c2*9-4-3(13)1-2-6(5(4)12)14-8(11)15-7(2)10/h2*1H. The molecule has 2 heterocycles. The molecule has 4 nitrogen and oxygen atoms in total. The normalized spacial score (nSPS) is 11.0. The van der Waals surface area contributed by atoms with Crippen LogP contribution in [0.15, 0.2) is 21.1 Å². The van der Waals surface area contributed by atoms with Gasteiger partial charge in [0.1, 0.15) is 21.3 Å². The Morgan fingerprint density at radius 1 is 0.667 bits per heavy atom. The first-order valence-electron chi connectivity index (χ1n) is 7.33. The third-order valence-corrected chi connectivity index (χ3v) is 9.16. The fraction of sp³-hybridized carbons (Fsp3) is 0. The van der Waals surface area contributed by atoms with Crippen molar-refractivity contribution in [3.05, 3.63) is 60.7 Å². The minimum absolute atomic E-state index is 0.0699. The summed E-state index contributed by atoms with van der Waals surface area (Å²) in [5, 5.41) is 1.06. The quantitative estimate of drug-likeness (QED) is 0.0769. The molecule has 0 saturated heterocycles. The second-order valence-electron chi connectivity index (χ2n) is 5.33. The third kappa shape index (κ3) is 5.20. The van der Waals surface area contributed by atoms with E-state index in [1.54, 1.807) is 12.1 Å². The van der Waals surface area contributed by atoms with Gasteiger partial charge < -0.3 is 0 Å².